The summed E-state index contributed by atoms with van der Waals surface area (Å²) in [6.45, 7) is 3.99. The molecule has 0 atom stereocenters. The number of rotatable bonds is 9. The highest BCUT2D eigenvalue weighted by Gasteiger charge is 2.20. The number of amides is 1. The molecule has 8 nitrogen and oxygen atoms in total. The molecule has 35 heavy (non-hydrogen) atoms. The van der Waals surface area contributed by atoms with Gasteiger partial charge in [-0.1, -0.05) is 42.5 Å². The molecule has 4 aromatic rings. The van der Waals surface area contributed by atoms with Gasteiger partial charge in [-0.05, 0) is 29.8 Å². The summed E-state index contributed by atoms with van der Waals surface area (Å²) in [6, 6.07) is 21.6. The predicted octanol–water partition coefficient (Wildman–Crippen LogP) is 3.33. The second-order valence-corrected chi connectivity index (χ2v) is 8.55. The van der Waals surface area contributed by atoms with Gasteiger partial charge in [-0.2, -0.15) is 0 Å². The largest absolute Gasteiger partial charge is 0.484 e. The zero-order valence-electron chi connectivity index (χ0n) is 19.6. The van der Waals surface area contributed by atoms with Gasteiger partial charge < -0.3 is 19.0 Å². The first-order chi connectivity index (χ1) is 17.3. The van der Waals surface area contributed by atoms with Crippen LogP contribution in [0.25, 0.3) is 11.3 Å². The molecule has 0 saturated carbocycles. The molecule has 5 rings (SSSR count). The first kappa shape index (κ1) is 22.9. The number of nitrogens with one attached hydrogen (secondary N) is 1. The summed E-state index contributed by atoms with van der Waals surface area (Å²) < 4.78 is 13.3. The SMILES string of the molecule is O=C(COc1ccccc1)NCCc1nnc2n1CCN(Cc1ccccc1-c1ccco1)CC2. The summed E-state index contributed by atoms with van der Waals surface area (Å²) in [7, 11) is 0. The average Bonchev–Trinajstić information content (AvgIpc) is 3.51. The molecule has 0 saturated heterocycles. The Morgan fingerprint density at radius 2 is 1.83 bits per heavy atom. The van der Waals surface area contributed by atoms with Crippen LogP contribution in [-0.2, 0) is 30.7 Å². The number of carbonyl (C=O) groups is 1. The van der Waals surface area contributed by atoms with E-state index in [1.54, 1.807) is 6.26 Å². The molecule has 1 aliphatic rings. The minimum absolute atomic E-state index is 0.00358. The Balaban J connectivity index is 1.13. The maximum Gasteiger partial charge on any atom is 0.257 e. The standard InChI is InChI=1S/C27H29N5O3/c33-27(20-35-22-8-2-1-3-9-22)28-14-12-25-29-30-26-13-15-31(16-17-32(25)26)19-21-7-4-5-10-23(21)24-11-6-18-34-24/h1-11,18H,12-17,19-20H2,(H,28,33). The third-order valence-electron chi connectivity index (χ3n) is 6.18. The molecule has 1 N–H and O–H groups in total. The van der Waals surface area contributed by atoms with Gasteiger partial charge in [-0.15, -0.1) is 10.2 Å². The topological polar surface area (TPSA) is 85.4 Å². The first-order valence-electron chi connectivity index (χ1n) is 12.0. The molecule has 180 valence electrons. The highest BCUT2D eigenvalue weighted by molar-refractivity contribution is 5.77. The maximum absolute atomic E-state index is 12.1. The van der Waals surface area contributed by atoms with E-state index >= 15 is 0 Å². The van der Waals surface area contributed by atoms with Crippen LogP contribution in [0.15, 0.2) is 77.4 Å². The molecule has 0 aliphatic carbocycles. The highest BCUT2D eigenvalue weighted by atomic mass is 16.5. The van der Waals surface area contributed by atoms with Crippen molar-refractivity contribution < 1.29 is 13.9 Å². The second-order valence-electron chi connectivity index (χ2n) is 8.55. The smallest absolute Gasteiger partial charge is 0.257 e. The summed E-state index contributed by atoms with van der Waals surface area (Å²) in [5.41, 5.74) is 2.38. The van der Waals surface area contributed by atoms with E-state index in [0.29, 0.717) is 18.7 Å². The minimum Gasteiger partial charge on any atom is -0.484 e. The van der Waals surface area contributed by atoms with Crippen molar-refractivity contribution in [2.75, 3.05) is 26.2 Å². The van der Waals surface area contributed by atoms with Crippen LogP contribution in [0.5, 0.6) is 5.75 Å². The van der Waals surface area contributed by atoms with Crippen molar-refractivity contribution >= 4 is 5.91 Å². The van der Waals surface area contributed by atoms with Crippen LogP contribution < -0.4 is 10.1 Å². The molecule has 0 spiro atoms. The van der Waals surface area contributed by atoms with Gasteiger partial charge in [0.2, 0.25) is 0 Å². The summed E-state index contributed by atoms with van der Waals surface area (Å²) in [5, 5.41) is 11.7. The number of furan rings is 1. The normalized spacial score (nSPS) is 13.7. The molecule has 2 aromatic heterocycles. The zero-order chi connectivity index (χ0) is 23.9. The Morgan fingerprint density at radius 3 is 2.69 bits per heavy atom. The molecule has 2 aromatic carbocycles. The van der Waals surface area contributed by atoms with Crippen molar-refractivity contribution in [3.05, 3.63) is 90.2 Å². The number of carbonyl (C=O) groups excluding carboxylic acids is 1. The average molecular weight is 472 g/mol. The highest BCUT2D eigenvalue weighted by Crippen LogP contribution is 2.25. The van der Waals surface area contributed by atoms with E-state index in [-0.39, 0.29) is 12.5 Å². The van der Waals surface area contributed by atoms with Crippen molar-refractivity contribution in [3.63, 3.8) is 0 Å². The number of hydrogen-bond acceptors (Lipinski definition) is 6. The van der Waals surface area contributed by atoms with Crippen LogP contribution >= 0.6 is 0 Å². The number of benzene rings is 2. The number of para-hydroxylation sites is 1. The van der Waals surface area contributed by atoms with Gasteiger partial charge in [0.05, 0.1) is 6.26 Å². The fraction of sp³-hybridized carbons (Fsp3) is 0.296. The summed E-state index contributed by atoms with van der Waals surface area (Å²) in [5.74, 6) is 3.33. The Morgan fingerprint density at radius 1 is 0.971 bits per heavy atom. The molecule has 0 bridgehead atoms. The number of nitrogens with zero attached hydrogens (tertiary/aromatic N) is 4. The van der Waals surface area contributed by atoms with Crippen molar-refractivity contribution in [1.29, 1.82) is 0 Å². The van der Waals surface area contributed by atoms with E-state index in [2.05, 4.69) is 43.2 Å². The molecular formula is C27H29N5O3. The Labute approximate surface area is 204 Å². The molecule has 0 fully saturated rings. The van der Waals surface area contributed by atoms with E-state index in [0.717, 1.165) is 55.6 Å². The lowest BCUT2D eigenvalue weighted by atomic mass is 10.0. The van der Waals surface area contributed by atoms with Crippen LogP contribution in [-0.4, -0.2) is 51.8 Å². The van der Waals surface area contributed by atoms with Gasteiger partial charge in [0.15, 0.2) is 6.61 Å². The van der Waals surface area contributed by atoms with E-state index < -0.39 is 0 Å². The van der Waals surface area contributed by atoms with Crippen LogP contribution in [0.4, 0.5) is 0 Å². The molecule has 3 heterocycles. The van der Waals surface area contributed by atoms with Crippen molar-refractivity contribution in [3.8, 4) is 17.1 Å². The lowest BCUT2D eigenvalue weighted by Gasteiger charge is -2.21. The third kappa shape index (κ3) is 5.78. The molecule has 1 aliphatic heterocycles. The van der Waals surface area contributed by atoms with E-state index in [1.807, 2.05) is 48.5 Å². The molecule has 1 amide bonds. The van der Waals surface area contributed by atoms with E-state index in [9.17, 15) is 4.79 Å². The zero-order valence-corrected chi connectivity index (χ0v) is 19.6. The number of aromatic nitrogens is 3. The van der Waals surface area contributed by atoms with Gasteiger partial charge in [0, 0.05) is 51.1 Å². The van der Waals surface area contributed by atoms with Gasteiger partial charge in [0.1, 0.15) is 23.2 Å². The van der Waals surface area contributed by atoms with Gasteiger partial charge in [-0.25, -0.2) is 0 Å². The second kappa shape index (κ2) is 11.0. The van der Waals surface area contributed by atoms with Crippen molar-refractivity contribution in [2.45, 2.75) is 25.9 Å². The van der Waals surface area contributed by atoms with Crippen LogP contribution in [0, 0.1) is 0 Å². The summed E-state index contributed by atoms with van der Waals surface area (Å²) >= 11 is 0. The Bertz CT molecular complexity index is 1240. The molecule has 0 unspecified atom stereocenters. The Kier molecular flexibility index (Phi) is 7.19. The van der Waals surface area contributed by atoms with Gasteiger partial charge in [-0.3, -0.25) is 9.69 Å². The molecule has 0 radical (unpaired) electrons. The lowest BCUT2D eigenvalue weighted by Crippen LogP contribution is -2.31. The quantitative estimate of drug-likeness (QED) is 0.403. The fourth-order valence-electron chi connectivity index (χ4n) is 4.37. The van der Waals surface area contributed by atoms with E-state index in [1.165, 1.54) is 5.56 Å². The van der Waals surface area contributed by atoms with Gasteiger partial charge >= 0.3 is 0 Å². The Hall–Kier alpha value is -3.91. The molecular weight excluding hydrogens is 442 g/mol. The number of ether oxygens (including phenoxy) is 1. The van der Waals surface area contributed by atoms with Crippen LogP contribution in [0.2, 0.25) is 0 Å². The van der Waals surface area contributed by atoms with Crippen LogP contribution in [0.1, 0.15) is 17.2 Å². The maximum atomic E-state index is 12.1. The van der Waals surface area contributed by atoms with Crippen molar-refractivity contribution in [2.24, 2.45) is 0 Å². The summed E-state index contributed by atoms with van der Waals surface area (Å²) in [4.78, 5) is 14.6. The van der Waals surface area contributed by atoms with Gasteiger partial charge in [0.25, 0.3) is 5.91 Å². The molecule has 8 heteroatoms. The monoisotopic (exact) mass is 471 g/mol. The fourth-order valence-corrected chi connectivity index (χ4v) is 4.37. The first-order valence-corrected chi connectivity index (χ1v) is 12.0. The number of hydrogen-bond donors (Lipinski definition) is 1. The third-order valence-corrected chi connectivity index (χ3v) is 6.18. The van der Waals surface area contributed by atoms with E-state index in [4.69, 9.17) is 9.15 Å². The number of fused-ring (bicyclic) bond motifs is 1. The lowest BCUT2D eigenvalue weighted by molar-refractivity contribution is -0.123. The minimum atomic E-state index is -0.147. The van der Waals surface area contributed by atoms with Crippen molar-refractivity contribution in [1.82, 2.24) is 25.0 Å². The van der Waals surface area contributed by atoms with Crippen LogP contribution in [0.3, 0.4) is 0 Å². The summed E-state index contributed by atoms with van der Waals surface area (Å²) in [6.07, 6.45) is 3.18. The predicted molar refractivity (Wildman–Crippen MR) is 132 cm³/mol.